The molecule has 1 atom stereocenters. The van der Waals surface area contributed by atoms with Crippen molar-refractivity contribution in [1.29, 1.82) is 0 Å². The molecule has 7 heteroatoms. The number of piperidine rings is 1. The monoisotopic (exact) mass is 326 g/mol. The van der Waals surface area contributed by atoms with Gasteiger partial charge < -0.3 is 15.3 Å². The van der Waals surface area contributed by atoms with Gasteiger partial charge in [-0.05, 0) is 37.1 Å². The van der Waals surface area contributed by atoms with Crippen LogP contribution in [0.25, 0.3) is 0 Å². The Balaban J connectivity index is 1.66. The molecular weight excluding hydrogens is 308 g/mol. The van der Waals surface area contributed by atoms with Crippen LogP contribution in [-0.4, -0.2) is 46.1 Å². The van der Waals surface area contributed by atoms with E-state index in [1.54, 1.807) is 30.6 Å². The van der Waals surface area contributed by atoms with Crippen LogP contribution in [0.3, 0.4) is 0 Å². The molecule has 1 aromatic heterocycles. The van der Waals surface area contributed by atoms with E-state index in [2.05, 4.69) is 15.3 Å². The van der Waals surface area contributed by atoms with Crippen LogP contribution in [0.1, 0.15) is 33.6 Å². The van der Waals surface area contributed by atoms with Crippen molar-refractivity contribution in [2.24, 2.45) is 0 Å². The average molecular weight is 326 g/mol. The van der Waals surface area contributed by atoms with E-state index in [0.29, 0.717) is 18.1 Å². The molecule has 0 unspecified atom stereocenters. The summed E-state index contributed by atoms with van der Waals surface area (Å²) in [4.78, 5) is 33.9. The Morgan fingerprint density at radius 3 is 2.67 bits per heavy atom. The van der Waals surface area contributed by atoms with E-state index < -0.39 is 5.97 Å². The molecule has 1 saturated heterocycles. The summed E-state index contributed by atoms with van der Waals surface area (Å²) in [5.74, 6) is -0.655. The van der Waals surface area contributed by atoms with Gasteiger partial charge in [0.05, 0.1) is 5.56 Å². The van der Waals surface area contributed by atoms with Crippen molar-refractivity contribution in [3.05, 3.63) is 53.9 Å². The van der Waals surface area contributed by atoms with E-state index in [1.165, 1.54) is 12.1 Å². The van der Waals surface area contributed by atoms with E-state index in [0.717, 1.165) is 19.4 Å². The zero-order chi connectivity index (χ0) is 16.9. The number of carbonyl (C=O) groups excluding carboxylic acids is 1. The quantitative estimate of drug-likeness (QED) is 0.885. The predicted octanol–water partition coefficient (Wildman–Crippen LogP) is 1.57. The smallest absolute Gasteiger partial charge is 0.335 e. The maximum atomic E-state index is 12.4. The van der Waals surface area contributed by atoms with Crippen LogP contribution in [0, 0.1) is 0 Å². The molecule has 0 radical (unpaired) electrons. The highest BCUT2D eigenvalue weighted by molar-refractivity contribution is 5.97. The van der Waals surface area contributed by atoms with Gasteiger partial charge in [0.25, 0.3) is 5.91 Å². The van der Waals surface area contributed by atoms with Gasteiger partial charge in [-0.15, -0.1) is 0 Å². The Kier molecular flexibility index (Phi) is 4.69. The van der Waals surface area contributed by atoms with Gasteiger partial charge in [-0.3, -0.25) is 4.79 Å². The lowest BCUT2D eigenvalue weighted by molar-refractivity contribution is 0.0697. The van der Waals surface area contributed by atoms with Crippen molar-refractivity contribution in [3.63, 3.8) is 0 Å². The van der Waals surface area contributed by atoms with E-state index in [-0.39, 0.29) is 17.5 Å². The van der Waals surface area contributed by atoms with Gasteiger partial charge in [0, 0.05) is 37.1 Å². The summed E-state index contributed by atoms with van der Waals surface area (Å²) in [5.41, 5.74) is 0.452. The van der Waals surface area contributed by atoms with Crippen LogP contribution in [-0.2, 0) is 0 Å². The fourth-order valence-corrected chi connectivity index (χ4v) is 2.79. The van der Waals surface area contributed by atoms with Crippen molar-refractivity contribution in [2.75, 3.05) is 18.0 Å². The van der Waals surface area contributed by atoms with Gasteiger partial charge in [-0.1, -0.05) is 6.07 Å². The van der Waals surface area contributed by atoms with Crippen molar-refractivity contribution in [3.8, 4) is 0 Å². The fourth-order valence-electron chi connectivity index (χ4n) is 2.79. The highest BCUT2D eigenvalue weighted by atomic mass is 16.4. The zero-order valence-corrected chi connectivity index (χ0v) is 13.1. The summed E-state index contributed by atoms with van der Waals surface area (Å²) in [6.45, 7) is 1.49. The van der Waals surface area contributed by atoms with Gasteiger partial charge in [0.2, 0.25) is 5.95 Å². The second kappa shape index (κ2) is 7.08. The number of aromatic nitrogens is 2. The third kappa shape index (κ3) is 3.68. The number of benzene rings is 1. The average Bonchev–Trinajstić information content (AvgIpc) is 2.63. The first-order valence-electron chi connectivity index (χ1n) is 7.79. The number of hydrogen-bond acceptors (Lipinski definition) is 5. The maximum absolute atomic E-state index is 12.4. The molecule has 0 aliphatic carbocycles. The first-order valence-corrected chi connectivity index (χ1v) is 7.79. The third-order valence-electron chi connectivity index (χ3n) is 3.96. The number of carboxylic acid groups (broad SMARTS) is 1. The molecule has 2 heterocycles. The van der Waals surface area contributed by atoms with Gasteiger partial charge in [-0.2, -0.15) is 0 Å². The summed E-state index contributed by atoms with van der Waals surface area (Å²) in [5, 5.41) is 12.0. The molecule has 124 valence electrons. The molecule has 7 nitrogen and oxygen atoms in total. The zero-order valence-electron chi connectivity index (χ0n) is 13.1. The Hall–Kier alpha value is -2.96. The Labute approximate surface area is 139 Å². The van der Waals surface area contributed by atoms with E-state index >= 15 is 0 Å². The van der Waals surface area contributed by atoms with Crippen molar-refractivity contribution in [1.82, 2.24) is 15.3 Å². The molecule has 2 N–H and O–H groups in total. The number of amides is 1. The summed E-state index contributed by atoms with van der Waals surface area (Å²) in [6.07, 6.45) is 5.19. The van der Waals surface area contributed by atoms with Gasteiger partial charge in [-0.25, -0.2) is 14.8 Å². The number of carbonyl (C=O) groups is 2. The highest BCUT2D eigenvalue weighted by Gasteiger charge is 2.23. The Morgan fingerprint density at radius 1 is 1.17 bits per heavy atom. The largest absolute Gasteiger partial charge is 0.478 e. The number of nitrogens with zero attached hydrogens (tertiary/aromatic N) is 3. The van der Waals surface area contributed by atoms with Gasteiger partial charge in [0.1, 0.15) is 0 Å². The number of carboxylic acids is 1. The minimum atomic E-state index is -1.05. The van der Waals surface area contributed by atoms with Crippen LogP contribution >= 0.6 is 0 Å². The van der Waals surface area contributed by atoms with Crippen LogP contribution in [0.4, 0.5) is 5.95 Å². The SMILES string of the molecule is O=C(O)c1cccc(C(=O)N[C@H]2CCCN(c3ncccn3)C2)c1. The maximum Gasteiger partial charge on any atom is 0.335 e. The lowest BCUT2D eigenvalue weighted by Gasteiger charge is -2.33. The molecule has 3 rings (SSSR count). The Morgan fingerprint density at radius 2 is 1.92 bits per heavy atom. The molecule has 1 aliphatic heterocycles. The fraction of sp³-hybridized carbons (Fsp3) is 0.294. The van der Waals surface area contributed by atoms with E-state index in [9.17, 15) is 9.59 Å². The van der Waals surface area contributed by atoms with Gasteiger partial charge >= 0.3 is 5.97 Å². The number of nitrogens with one attached hydrogen (secondary N) is 1. The second-order valence-corrected chi connectivity index (χ2v) is 5.69. The summed E-state index contributed by atoms with van der Waals surface area (Å²) < 4.78 is 0. The summed E-state index contributed by atoms with van der Waals surface area (Å²) in [6, 6.07) is 7.78. The third-order valence-corrected chi connectivity index (χ3v) is 3.96. The molecule has 1 fully saturated rings. The topological polar surface area (TPSA) is 95.4 Å². The summed E-state index contributed by atoms with van der Waals surface area (Å²) >= 11 is 0. The highest BCUT2D eigenvalue weighted by Crippen LogP contribution is 2.16. The molecule has 0 saturated carbocycles. The molecule has 0 bridgehead atoms. The number of hydrogen-bond donors (Lipinski definition) is 2. The first kappa shape index (κ1) is 15.9. The molecule has 24 heavy (non-hydrogen) atoms. The lowest BCUT2D eigenvalue weighted by Crippen LogP contribution is -2.48. The molecule has 2 aromatic rings. The molecule has 1 aromatic carbocycles. The molecule has 1 aliphatic rings. The first-order chi connectivity index (χ1) is 11.6. The minimum absolute atomic E-state index is 0.0245. The van der Waals surface area contributed by atoms with Crippen LogP contribution in [0.5, 0.6) is 0 Å². The number of aromatic carboxylic acids is 1. The standard InChI is InChI=1S/C17H18N4O3/c22-15(12-4-1-5-13(10-12)16(23)24)20-14-6-2-9-21(11-14)17-18-7-3-8-19-17/h1,3-5,7-8,10,14H,2,6,9,11H2,(H,20,22)(H,23,24)/t14-/m0/s1. The van der Waals surface area contributed by atoms with Crippen molar-refractivity contribution in [2.45, 2.75) is 18.9 Å². The molecule has 1 amide bonds. The summed E-state index contributed by atoms with van der Waals surface area (Å²) in [7, 11) is 0. The van der Waals surface area contributed by atoms with Crippen LogP contribution < -0.4 is 10.2 Å². The lowest BCUT2D eigenvalue weighted by atomic mass is 10.0. The van der Waals surface area contributed by atoms with Crippen LogP contribution in [0.2, 0.25) is 0 Å². The molecular formula is C17H18N4O3. The normalized spacial score (nSPS) is 17.3. The predicted molar refractivity (Wildman–Crippen MR) is 88.1 cm³/mol. The number of rotatable bonds is 4. The Bertz CT molecular complexity index is 736. The van der Waals surface area contributed by atoms with Gasteiger partial charge in [0.15, 0.2) is 0 Å². The minimum Gasteiger partial charge on any atom is -0.478 e. The van der Waals surface area contributed by atoms with E-state index in [1.807, 2.05) is 4.90 Å². The van der Waals surface area contributed by atoms with Crippen molar-refractivity contribution < 1.29 is 14.7 Å². The van der Waals surface area contributed by atoms with Crippen LogP contribution in [0.15, 0.2) is 42.7 Å². The molecule has 0 spiro atoms. The van der Waals surface area contributed by atoms with Crippen molar-refractivity contribution >= 4 is 17.8 Å². The number of anilines is 1. The second-order valence-electron chi connectivity index (χ2n) is 5.69. The van der Waals surface area contributed by atoms with E-state index in [4.69, 9.17) is 5.11 Å².